The molecule has 1 rings (SSSR count). The van der Waals surface area contributed by atoms with Gasteiger partial charge in [0.1, 0.15) is 0 Å². The normalized spacial score (nSPS) is 10.3. The Morgan fingerprint density at radius 1 is 1.09 bits per heavy atom. The molecular formula is C13H21ClN4O4S. The lowest BCUT2D eigenvalue weighted by atomic mass is 10.3. The summed E-state index contributed by atoms with van der Waals surface area (Å²) in [5, 5.41) is 4.91. The zero-order chi connectivity index (χ0) is 16.6. The van der Waals surface area contributed by atoms with Crippen molar-refractivity contribution in [1.82, 2.24) is 5.32 Å². The van der Waals surface area contributed by atoms with E-state index in [1.807, 2.05) is 0 Å². The van der Waals surface area contributed by atoms with E-state index in [0.717, 1.165) is 0 Å². The number of hydrogen-bond donors (Lipinski definition) is 4. The second kappa shape index (κ2) is 10.0. The van der Waals surface area contributed by atoms with Gasteiger partial charge < -0.3 is 16.4 Å². The minimum absolute atomic E-state index is 0. The number of halogens is 1. The molecule has 0 radical (unpaired) electrons. The largest absolute Gasteiger partial charge is 0.346 e. The molecule has 1 aromatic rings. The molecule has 1 aromatic carbocycles. The highest BCUT2D eigenvalue weighted by Gasteiger charge is 2.09. The first-order valence-electron chi connectivity index (χ1n) is 6.73. The molecule has 0 fully saturated rings. The number of amides is 2. The van der Waals surface area contributed by atoms with Gasteiger partial charge in [-0.05, 0) is 30.7 Å². The van der Waals surface area contributed by atoms with Crippen LogP contribution in [0, 0.1) is 0 Å². The zero-order valence-corrected chi connectivity index (χ0v) is 14.3. The summed E-state index contributed by atoms with van der Waals surface area (Å²) in [6, 6.07) is 6.21. The molecule has 0 spiro atoms. The molecule has 5 N–H and O–H groups in total. The quantitative estimate of drug-likeness (QED) is 0.526. The molecule has 0 saturated carbocycles. The maximum Gasteiger partial charge on any atom is 0.243 e. The molecule has 8 nitrogen and oxygen atoms in total. The lowest BCUT2D eigenvalue weighted by Crippen LogP contribution is -2.36. The molecule has 0 unspecified atom stereocenters. The summed E-state index contributed by atoms with van der Waals surface area (Å²) in [5.41, 5.74) is 6.01. The van der Waals surface area contributed by atoms with Crippen molar-refractivity contribution >= 4 is 45.6 Å². The van der Waals surface area contributed by atoms with Crippen LogP contribution in [0.3, 0.4) is 0 Å². The average molecular weight is 365 g/mol. The SMILES string of the molecule is CCCS(=O)(=O)Nc1ccc(NC(=O)CNC(=O)CN)cc1.Cl. The van der Waals surface area contributed by atoms with Gasteiger partial charge >= 0.3 is 0 Å². The van der Waals surface area contributed by atoms with Gasteiger partial charge in [-0.15, -0.1) is 12.4 Å². The van der Waals surface area contributed by atoms with Crippen molar-refractivity contribution in [2.45, 2.75) is 13.3 Å². The lowest BCUT2D eigenvalue weighted by Gasteiger charge is -2.09. The first-order valence-corrected chi connectivity index (χ1v) is 8.38. The molecule has 130 valence electrons. The summed E-state index contributed by atoms with van der Waals surface area (Å²) in [6.45, 7) is 1.42. The molecule has 23 heavy (non-hydrogen) atoms. The van der Waals surface area contributed by atoms with Crippen LogP contribution in [0.1, 0.15) is 13.3 Å². The van der Waals surface area contributed by atoms with Gasteiger partial charge in [-0.2, -0.15) is 0 Å². The molecule has 0 aliphatic heterocycles. The number of carbonyl (C=O) groups excluding carboxylic acids is 2. The number of hydrogen-bond acceptors (Lipinski definition) is 5. The Hall–Kier alpha value is -1.84. The highest BCUT2D eigenvalue weighted by molar-refractivity contribution is 7.92. The van der Waals surface area contributed by atoms with Gasteiger partial charge in [0.25, 0.3) is 0 Å². The smallest absolute Gasteiger partial charge is 0.243 e. The molecule has 0 heterocycles. The average Bonchev–Trinajstić information content (AvgIpc) is 2.46. The molecule has 0 aliphatic carbocycles. The van der Waals surface area contributed by atoms with Gasteiger partial charge in [0.05, 0.1) is 18.8 Å². The van der Waals surface area contributed by atoms with Gasteiger partial charge in [0, 0.05) is 11.4 Å². The molecule has 0 saturated heterocycles. The maximum atomic E-state index is 11.6. The van der Waals surface area contributed by atoms with E-state index < -0.39 is 21.8 Å². The molecule has 0 atom stereocenters. The van der Waals surface area contributed by atoms with Crippen LogP contribution in [0.15, 0.2) is 24.3 Å². The summed E-state index contributed by atoms with van der Waals surface area (Å²) < 4.78 is 25.7. The van der Waals surface area contributed by atoms with Crippen LogP contribution >= 0.6 is 12.4 Å². The van der Waals surface area contributed by atoms with Crippen molar-refractivity contribution in [1.29, 1.82) is 0 Å². The van der Waals surface area contributed by atoms with Crippen molar-refractivity contribution in [3.63, 3.8) is 0 Å². The van der Waals surface area contributed by atoms with Crippen LogP contribution in [-0.2, 0) is 19.6 Å². The number of benzene rings is 1. The maximum absolute atomic E-state index is 11.6. The number of sulfonamides is 1. The van der Waals surface area contributed by atoms with E-state index in [4.69, 9.17) is 5.73 Å². The van der Waals surface area contributed by atoms with Crippen molar-refractivity contribution in [3.05, 3.63) is 24.3 Å². The topological polar surface area (TPSA) is 130 Å². The van der Waals surface area contributed by atoms with E-state index in [2.05, 4.69) is 15.4 Å². The number of nitrogens with one attached hydrogen (secondary N) is 3. The number of nitrogens with two attached hydrogens (primary N) is 1. The molecule has 10 heteroatoms. The molecule has 0 bridgehead atoms. The van der Waals surface area contributed by atoms with Crippen LogP contribution in [0.4, 0.5) is 11.4 Å². The third kappa shape index (κ3) is 8.38. The van der Waals surface area contributed by atoms with E-state index in [1.54, 1.807) is 31.2 Å². The van der Waals surface area contributed by atoms with Gasteiger partial charge in [0.15, 0.2) is 0 Å². The fraction of sp³-hybridized carbons (Fsp3) is 0.385. The fourth-order valence-electron chi connectivity index (χ4n) is 1.58. The molecule has 2 amide bonds. The Balaban J connectivity index is 0.00000484. The summed E-state index contributed by atoms with van der Waals surface area (Å²) in [5.74, 6) is -0.774. The minimum atomic E-state index is -3.34. The summed E-state index contributed by atoms with van der Waals surface area (Å²) in [6.07, 6.45) is 0.526. The lowest BCUT2D eigenvalue weighted by molar-refractivity contribution is -0.123. The van der Waals surface area contributed by atoms with Crippen molar-refractivity contribution in [2.24, 2.45) is 5.73 Å². The van der Waals surface area contributed by atoms with Gasteiger partial charge in [-0.1, -0.05) is 6.92 Å². The Morgan fingerprint density at radius 3 is 2.17 bits per heavy atom. The van der Waals surface area contributed by atoms with Crippen LogP contribution in [0.5, 0.6) is 0 Å². The third-order valence-electron chi connectivity index (χ3n) is 2.55. The van der Waals surface area contributed by atoms with Crippen molar-refractivity contribution < 1.29 is 18.0 Å². The van der Waals surface area contributed by atoms with E-state index in [9.17, 15) is 18.0 Å². The minimum Gasteiger partial charge on any atom is -0.346 e. The highest BCUT2D eigenvalue weighted by atomic mass is 35.5. The van der Waals surface area contributed by atoms with Crippen LogP contribution < -0.4 is 21.1 Å². The van der Waals surface area contributed by atoms with E-state index in [1.165, 1.54) is 0 Å². The van der Waals surface area contributed by atoms with E-state index >= 15 is 0 Å². The second-order valence-corrected chi connectivity index (χ2v) is 6.37. The second-order valence-electron chi connectivity index (χ2n) is 4.53. The number of anilines is 2. The Morgan fingerprint density at radius 2 is 1.65 bits per heavy atom. The summed E-state index contributed by atoms with van der Waals surface area (Å²) in [7, 11) is -3.34. The Kier molecular flexibility index (Phi) is 9.23. The number of rotatable bonds is 8. The fourth-order valence-corrected chi connectivity index (χ4v) is 2.71. The standard InChI is InChI=1S/C13H20N4O4S.ClH/c1-2-7-22(20,21)17-11-5-3-10(4-6-11)16-13(19)9-15-12(18)8-14;/h3-6,17H,2,7-9,14H2,1H3,(H,15,18)(H,16,19);1H. The van der Waals surface area contributed by atoms with Gasteiger partial charge in [-0.25, -0.2) is 8.42 Å². The Labute approximate surface area is 141 Å². The zero-order valence-electron chi connectivity index (χ0n) is 12.7. The van der Waals surface area contributed by atoms with Gasteiger partial charge in [-0.3, -0.25) is 14.3 Å². The molecular weight excluding hydrogens is 344 g/mol. The van der Waals surface area contributed by atoms with Crippen LogP contribution in [0.2, 0.25) is 0 Å². The molecule has 0 aliphatic rings. The van der Waals surface area contributed by atoms with Crippen molar-refractivity contribution in [3.8, 4) is 0 Å². The van der Waals surface area contributed by atoms with E-state index in [0.29, 0.717) is 17.8 Å². The van der Waals surface area contributed by atoms with Crippen molar-refractivity contribution in [2.75, 3.05) is 28.9 Å². The van der Waals surface area contributed by atoms with E-state index in [-0.39, 0.29) is 31.2 Å². The third-order valence-corrected chi connectivity index (χ3v) is 4.04. The number of carbonyl (C=O) groups is 2. The molecule has 0 aromatic heterocycles. The first kappa shape index (κ1) is 21.2. The predicted octanol–water partition coefficient (Wildman–Crippen LogP) is 0.274. The van der Waals surface area contributed by atoms with Crippen LogP contribution in [0.25, 0.3) is 0 Å². The highest BCUT2D eigenvalue weighted by Crippen LogP contribution is 2.15. The van der Waals surface area contributed by atoms with Crippen LogP contribution in [-0.4, -0.2) is 39.1 Å². The predicted molar refractivity (Wildman–Crippen MR) is 92.1 cm³/mol. The first-order chi connectivity index (χ1) is 10.4. The van der Waals surface area contributed by atoms with Gasteiger partial charge in [0.2, 0.25) is 21.8 Å². The summed E-state index contributed by atoms with van der Waals surface area (Å²) in [4.78, 5) is 22.5. The monoisotopic (exact) mass is 364 g/mol. The Bertz CT molecular complexity index is 619. The summed E-state index contributed by atoms with van der Waals surface area (Å²) >= 11 is 0.